The van der Waals surface area contributed by atoms with Gasteiger partial charge in [-0.15, -0.1) is 0 Å². The van der Waals surface area contributed by atoms with Crippen molar-refractivity contribution in [3.05, 3.63) is 52.0 Å². The number of thiazole rings is 1. The fourth-order valence-corrected chi connectivity index (χ4v) is 3.19. The van der Waals surface area contributed by atoms with Gasteiger partial charge in [0.2, 0.25) is 0 Å². The molecule has 3 N–H and O–H groups in total. The topological polar surface area (TPSA) is 60.2 Å². The molecule has 0 radical (unpaired) electrons. The van der Waals surface area contributed by atoms with Gasteiger partial charge in [-0.25, -0.2) is 10.8 Å². The number of hydrogen-bond donors (Lipinski definition) is 2. The number of rotatable bonds is 4. The van der Waals surface area contributed by atoms with Crippen LogP contribution in [0.1, 0.15) is 5.56 Å². The average Bonchev–Trinajstić information content (AvgIpc) is 2.89. The van der Waals surface area contributed by atoms with Gasteiger partial charge in [-0.05, 0) is 30.3 Å². The van der Waals surface area contributed by atoms with Crippen molar-refractivity contribution < 1.29 is 4.74 Å². The van der Waals surface area contributed by atoms with Crippen molar-refractivity contribution in [2.45, 2.75) is 6.61 Å². The number of nitrogens with two attached hydrogens (primary N) is 1. The van der Waals surface area contributed by atoms with Crippen LogP contribution >= 0.6 is 34.5 Å². The highest BCUT2D eigenvalue weighted by Gasteiger charge is 2.08. The monoisotopic (exact) mass is 339 g/mol. The van der Waals surface area contributed by atoms with Gasteiger partial charge in [0.15, 0.2) is 5.13 Å². The first-order valence-electron chi connectivity index (χ1n) is 6.10. The minimum absolute atomic E-state index is 0.310. The van der Waals surface area contributed by atoms with E-state index in [2.05, 4.69) is 10.4 Å². The standard InChI is InChI=1S/C14H11Cl2N3OS/c15-10-2-1-3-11(16)9(10)7-20-8-4-5-12-13(6-8)21-14(18-12)19-17/h1-6H,7,17H2,(H,18,19). The second-order valence-electron chi connectivity index (χ2n) is 4.28. The Morgan fingerprint density at radius 1 is 1.19 bits per heavy atom. The van der Waals surface area contributed by atoms with Crippen LogP contribution in [-0.4, -0.2) is 4.98 Å². The number of aromatic nitrogens is 1. The number of nitrogen functional groups attached to an aromatic ring is 1. The summed E-state index contributed by atoms with van der Waals surface area (Å²) in [5, 5.41) is 1.85. The number of hydrazine groups is 1. The Labute approximate surface area is 135 Å². The summed E-state index contributed by atoms with van der Waals surface area (Å²) >= 11 is 13.7. The van der Waals surface area contributed by atoms with Crippen molar-refractivity contribution in [2.24, 2.45) is 5.84 Å². The second kappa shape index (κ2) is 6.07. The maximum absolute atomic E-state index is 6.12. The van der Waals surface area contributed by atoms with Gasteiger partial charge in [-0.1, -0.05) is 40.6 Å². The predicted molar refractivity (Wildman–Crippen MR) is 88.2 cm³/mol. The summed E-state index contributed by atoms with van der Waals surface area (Å²) in [6.45, 7) is 0.310. The molecule has 7 heteroatoms. The maximum Gasteiger partial charge on any atom is 0.198 e. The molecule has 0 spiro atoms. The Bertz CT molecular complexity index is 771. The van der Waals surface area contributed by atoms with Crippen molar-refractivity contribution in [2.75, 3.05) is 5.43 Å². The van der Waals surface area contributed by atoms with Crippen LogP contribution < -0.4 is 16.0 Å². The molecule has 0 atom stereocenters. The zero-order valence-electron chi connectivity index (χ0n) is 10.8. The number of fused-ring (bicyclic) bond motifs is 1. The largest absolute Gasteiger partial charge is 0.489 e. The van der Waals surface area contributed by atoms with Crippen molar-refractivity contribution >= 4 is 49.9 Å². The SMILES string of the molecule is NNc1nc2ccc(OCc3c(Cl)cccc3Cl)cc2s1. The molecule has 1 aromatic heterocycles. The summed E-state index contributed by atoms with van der Waals surface area (Å²) in [5.41, 5.74) is 4.18. The summed E-state index contributed by atoms with van der Waals surface area (Å²) in [6, 6.07) is 11.0. The lowest BCUT2D eigenvalue weighted by molar-refractivity contribution is 0.307. The van der Waals surface area contributed by atoms with E-state index in [0.717, 1.165) is 21.5 Å². The Morgan fingerprint density at radius 2 is 1.95 bits per heavy atom. The Morgan fingerprint density at radius 3 is 2.67 bits per heavy atom. The smallest absolute Gasteiger partial charge is 0.198 e. The molecule has 0 aliphatic carbocycles. The van der Waals surface area contributed by atoms with E-state index >= 15 is 0 Å². The van der Waals surface area contributed by atoms with E-state index in [4.69, 9.17) is 33.8 Å². The molecule has 0 fully saturated rings. The van der Waals surface area contributed by atoms with E-state index in [1.807, 2.05) is 18.2 Å². The molecular weight excluding hydrogens is 329 g/mol. The van der Waals surface area contributed by atoms with Gasteiger partial charge >= 0.3 is 0 Å². The summed E-state index contributed by atoms with van der Waals surface area (Å²) in [6.07, 6.45) is 0. The number of anilines is 1. The molecule has 1 heterocycles. The number of hydrogen-bond acceptors (Lipinski definition) is 5. The summed E-state index contributed by atoms with van der Waals surface area (Å²) < 4.78 is 6.75. The molecule has 0 saturated heterocycles. The molecule has 108 valence electrons. The van der Waals surface area contributed by atoms with Crippen molar-refractivity contribution in [1.29, 1.82) is 0 Å². The third-order valence-electron chi connectivity index (χ3n) is 2.93. The fourth-order valence-electron chi connectivity index (χ4n) is 1.88. The summed E-state index contributed by atoms with van der Waals surface area (Å²) in [4.78, 5) is 4.30. The van der Waals surface area contributed by atoms with Crippen LogP contribution in [0.3, 0.4) is 0 Å². The van der Waals surface area contributed by atoms with Crippen molar-refractivity contribution in [1.82, 2.24) is 4.98 Å². The molecule has 2 aromatic carbocycles. The first-order valence-corrected chi connectivity index (χ1v) is 7.67. The highest BCUT2D eigenvalue weighted by Crippen LogP contribution is 2.30. The van der Waals surface area contributed by atoms with Crippen LogP contribution in [0.15, 0.2) is 36.4 Å². The van der Waals surface area contributed by atoms with Gasteiger partial charge in [-0.2, -0.15) is 0 Å². The quantitative estimate of drug-likeness (QED) is 0.543. The normalized spacial score (nSPS) is 10.8. The molecule has 21 heavy (non-hydrogen) atoms. The maximum atomic E-state index is 6.12. The zero-order chi connectivity index (χ0) is 14.8. The highest BCUT2D eigenvalue weighted by atomic mass is 35.5. The van der Waals surface area contributed by atoms with Crippen LogP contribution in [0.2, 0.25) is 10.0 Å². The molecule has 0 aliphatic heterocycles. The van der Waals surface area contributed by atoms with E-state index < -0.39 is 0 Å². The van der Waals surface area contributed by atoms with Crippen LogP contribution in [0.5, 0.6) is 5.75 Å². The number of nitrogens with one attached hydrogen (secondary N) is 1. The molecule has 0 amide bonds. The molecular formula is C14H11Cl2N3OS. The predicted octanol–water partition coefficient (Wildman–Crippen LogP) is 4.47. The Balaban J connectivity index is 1.82. The lowest BCUT2D eigenvalue weighted by atomic mass is 10.2. The third kappa shape index (κ3) is 3.06. The van der Waals surface area contributed by atoms with E-state index in [1.165, 1.54) is 11.3 Å². The molecule has 3 aromatic rings. The first kappa shape index (κ1) is 14.4. The van der Waals surface area contributed by atoms with Gasteiger partial charge in [-0.3, -0.25) is 5.43 Å². The summed E-state index contributed by atoms with van der Waals surface area (Å²) in [7, 11) is 0. The van der Waals surface area contributed by atoms with Crippen molar-refractivity contribution in [3.8, 4) is 5.75 Å². The number of benzene rings is 2. The van der Waals surface area contributed by atoms with Gasteiger partial charge in [0.05, 0.1) is 10.2 Å². The zero-order valence-corrected chi connectivity index (χ0v) is 13.1. The molecule has 4 nitrogen and oxygen atoms in total. The van der Waals surface area contributed by atoms with Crippen LogP contribution in [0.25, 0.3) is 10.2 Å². The van der Waals surface area contributed by atoms with E-state index in [1.54, 1.807) is 18.2 Å². The third-order valence-corrected chi connectivity index (χ3v) is 4.59. The lowest BCUT2D eigenvalue weighted by Crippen LogP contribution is -2.05. The molecule has 3 rings (SSSR count). The van der Waals surface area contributed by atoms with Gasteiger partial charge in [0, 0.05) is 15.6 Å². The molecule has 0 unspecified atom stereocenters. The second-order valence-corrected chi connectivity index (χ2v) is 6.13. The fraction of sp³-hybridized carbons (Fsp3) is 0.0714. The van der Waals surface area contributed by atoms with E-state index in [9.17, 15) is 0 Å². The first-order chi connectivity index (χ1) is 10.2. The van der Waals surface area contributed by atoms with Gasteiger partial charge < -0.3 is 4.74 Å². The molecule has 0 saturated carbocycles. The minimum Gasteiger partial charge on any atom is -0.489 e. The highest BCUT2D eigenvalue weighted by molar-refractivity contribution is 7.22. The van der Waals surface area contributed by atoms with Gasteiger partial charge in [0.25, 0.3) is 0 Å². The Hall–Kier alpha value is -1.53. The van der Waals surface area contributed by atoms with E-state index in [-0.39, 0.29) is 0 Å². The number of nitrogens with zero attached hydrogens (tertiary/aromatic N) is 1. The van der Waals surface area contributed by atoms with Crippen molar-refractivity contribution in [3.63, 3.8) is 0 Å². The van der Waals surface area contributed by atoms with E-state index in [0.29, 0.717) is 21.8 Å². The minimum atomic E-state index is 0.310. The molecule has 0 aliphatic rings. The summed E-state index contributed by atoms with van der Waals surface area (Å²) in [5.74, 6) is 6.08. The lowest BCUT2D eigenvalue weighted by Gasteiger charge is -2.09. The average molecular weight is 340 g/mol. The number of halogens is 2. The van der Waals surface area contributed by atoms with Gasteiger partial charge in [0.1, 0.15) is 12.4 Å². The Kier molecular flexibility index (Phi) is 4.17. The van der Waals surface area contributed by atoms with Crippen LogP contribution in [0, 0.1) is 0 Å². The number of ether oxygens (including phenoxy) is 1. The molecule has 0 bridgehead atoms. The van der Waals surface area contributed by atoms with Crippen LogP contribution in [0.4, 0.5) is 5.13 Å². The van der Waals surface area contributed by atoms with Crippen LogP contribution in [-0.2, 0) is 6.61 Å².